The average molecular weight is 233 g/mol. The smallest absolute Gasteiger partial charge is 0.156 e. The number of nitrogens with two attached hydrogens (primary N) is 1. The van der Waals surface area contributed by atoms with Crippen LogP contribution < -0.4 is 5.73 Å². The molecule has 1 aliphatic heterocycles. The molecule has 0 aromatic heterocycles. The molecule has 17 heavy (non-hydrogen) atoms. The molecular weight excluding hydrogens is 218 g/mol. The predicted molar refractivity (Wildman–Crippen MR) is 63.1 cm³/mol. The first-order chi connectivity index (χ1) is 8.19. The molecule has 1 unspecified atom stereocenters. The van der Waals surface area contributed by atoms with E-state index in [4.69, 9.17) is 15.7 Å². The molecule has 90 valence electrons. The van der Waals surface area contributed by atoms with Crippen molar-refractivity contribution in [2.24, 2.45) is 0 Å². The highest BCUT2D eigenvalue weighted by Gasteiger charge is 2.20. The standard InChI is InChI=1S/C12H15N3O2/c13-6-11-8-15(3-4-17-11)7-9-5-10(14)1-2-12(9)16/h1-2,5,11,16H,3-4,7-8,14H2. The molecule has 1 aromatic rings. The second-order valence-electron chi connectivity index (χ2n) is 4.11. The van der Waals surface area contributed by atoms with Gasteiger partial charge in [0.1, 0.15) is 5.75 Å². The van der Waals surface area contributed by atoms with Crippen LogP contribution in [0.15, 0.2) is 18.2 Å². The summed E-state index contributed by atoms with van der Waals surface area (Å²) in [4.78, 5) is 2.08. The summed E-state index contributed by atoms with van der Waals surface area (Å²) in [5.74, 6) is 0.235. The van der Waals surface area contributed by atoms with Crippen molar-refractivity contribution in [1.29, 1.82) is 5.26 Å². The van der Waals surface area contributed by atoms with Gasteiger partial charge in [-0.15, -0.1) is 0 Å². The van der Waals surface area contributed by atoms with Crippen LogP contribution in [-0.4, -0.2) is 35.8 Å². The summed E-state index contributed by atoms with van der Waals surface area (Å²) >= 11 is 0. The van der Waals surface area contributed by atoms with Crippen molar-refractivity contribution in [1.82, 2.24) is 4.90 Å². The molecule has 0 aliphatic carbocycles. The van der Waals surface area contributed by atoms with Gasteiger partial charge in [0, 0.05) is 30.9 Å². The molecule has 0 bridgehead atoms. The number of nitrogens with zero attached hydrogens (tertiary/aromatic N) is 2. The Hall–Kier alpha value is -1.77. The Bertz CT molecular complexity index is 442. The monoisotopic (exact) mass is 233 g/mol. The molecule has 3 N–H and O–H groups in total. The molecule has 2 rings (SSSR count). The summed E-state index contributed by atoms with van der Waals surface area (Å²) in [7, 11) is 0. The van der Waals surface area contributed by atoms with Gasteiger partial charge in [0.15, 0.2) is 6.10 Å². The number of morpholine rings is 1. The SMILES string of the molecule is N#CC1CN(Cc2cc(N)ccc2O)CCO1. The third kappa shape index (κ3) is 2.87. The zero-order chi connectivity index (χ0) is 12.3. The van der Waals surface area contributed by atoms with E-state index in [1.54, 1.807) is 18.2 Å². The van der Waals surface area contributed by atoms with E-state index in [1.165, 1.54) is 0 Å². The van der Waals surface area contributed by atoms with E-state index in [0.717, 1.165) is 12.1 Å². The molecule has 1 atom stereocenters. The maximum Gasteiger partial charge on any atom is 0.156 e. The van der Waals surface area contributed by atoms with Gasteiger partial charge in [-0.2, -0.15) is 5.26 Å². The van der Waals surface area contributed by atoms with Gasteiger partial charge in [-0.1, -0.05) is 0 Å². The maximum atomic E-state index is 9.71. The Labute approximate surface area is 100 Å². The average Bonchev–Trinajstić information content (AvgIpc) is 2.34. The molecular formula is C12H15N3O2. The fraction of sp³-hybridized carbons (Fsp3) is 0.417. The lowest BCUT2D eigenvalue weighted by Gasteiger charge is -2.29. The Morgan fingerprint density at radius 1 is 1.59 bits per heavy atom. The summed E-state index contributed by atoms with van der Waals surface area (Å²) < 4.78 is 5.26. The van der Waals surface area contributed by atoms with Gasteiger partial charge in [-0.25, -0.2) is 0 Å². The lowest BCUT2D eigenvalue weighted by atomic mass is 10.1. The third-order valence-electron chi connectivity index (χ3n) is 2.79. The van der Waals surface area contributed by atoms with Gasteiger partial charge in [0.05, 0.1) is 12.7 Å². The largest absolute Gasteiger partial charge is 0.508 e. The topological polar surface area (TPSA) is 82.5 Å². The second-order valence-corrected chi connectivity index (χ2v) is 4.11. The predicted octanol–water partition coefficient (Wildman–Crippen LogP) is 0.699. The number of nitriles is 1. The summed E-state index contributed by atoms with van der Waals surface area (Å²) in [6.07, 6.45) is -0.382. The molecule has 0 spiro atoms. The molecule has 1 heterocycles. The van der Waals surface area contributed by atoms with Gasteiger partial charge in [0.2, 0.25) is 0 Å². The fourth-order valence-electron chi connectivity index (χ4n) is 1.90. The molecule has 1 aromatic carbocycles. The van der Waals surface area contributed by atoms with Crippen LogP contribution in [0, 0.1) is 11.3 Å². The van der Waals surface area contributed by atoms with Crippen molar-refractivity contribution in [3.63, 3.8) is 0 Å². The molecule has 0 amide bonds. The Morgan fingerprint density at radius 2 is 2.41 bits per heavy atom. The molecule has 1 fully saturated rings. The van der Waals surface area contributed by atoms with E-state index in [2.05, 4.69) is 11.0 Å². The van der Waals surface area contributed by atoms with Crippen LogP contribution in [0.25, 0.3) is 0 Å². The molecule has 1 aliphatic rings. The van der Waals surface area contributed by atoms with Gasteiger partial charge < -0.3 is 15.6 Å². The van der Waals surface area contributed by atoms with E-state index in [-0.39, 0.29) is 11.9 Å². The van der Waals surface area contributed by atoms with E-state index in [9.17, 15) is 5.11 Å². The number of hydrogen-bond donors (Lipinski definition) is 2. The Morgan fingerprint density at radius 3 is 3.18 bits per heavy atom. The van der Waals surface area contributed by atoms with Crippen molar-refractivity contribution in [3.8, 4) is 11.8 Å². The number of phenolic OH excluding ortho intramolecular Hbond substituents is 1. The molecule has 0 saturated carbocycles. The summed E-state index contributed by atoms with van der Waals surface area (Å²) in [5.41, 5.74) is 7.09. The van der Waals surface area contributed by atoms with E-state index < -0.39 is 0 Å². The van der Waals surface area contributed by atoms with Crippen LogP contribution in [0.5, 0.6) is 5.75 Å². The number of aromatic hydroxyl groups is 1. The van der Waals surface area contributed by atoms with Crippen LogP contribution >= 0.6 is 0 Å². The zero-order valence-corrected chi connectivity index (χ0v) is 9.47. The first-order valence-electron chi connectivity index (χ1n) is 5.50. The van der Waals surface area contributed by atoms with Gasteiger partial charge in [-0.3, -0.25) is 4.90 Å². The van der Waals surface area contributed by atoms with Crippen LogP contribution in [0.4, 0.5) is 5.69 Å². The van der Waals surface area contributed by atoms with Crippen molar-refractivity contribution >= 4 is 5.69 Å². The molecule has 5 nitrogen and oxygen atoms in total. The van der Waals surface area contributed by atoms with Crippen LogP contribution in [0.2, 0.25) is 0 Å². The fourth-order valence-corrected chi connectivity index (χ4v) is 1.90. The third-order valence-corrected chi connectivity index (χ3v) is 2.79. The lowest BCUT2D eigenvalue weighted by molar-refractivity contribution is -0.00290. The zero-order valence-electron chi connectivity index (χ0n) is 9.47. The van der Waals surface area contributed by atoms with E-state index >= 15 is 0 Å². The minimum Gasteiger partial charge on any atom is -0.508 e. The first kappa shape index (κ1) is 11.7. The number of anilines is 1. The lowest BCUT2D eigenvalue weighted by Crippen LogP contribution is -2.41. The van der Waals surface area contributed by atoms with Crippen molar-refractivity contribution in [2.45, 2.75) is 12.6 Å². The van der Waals surface area contributed by atoms with E-state index in [1.807, 2.05) is 0 Å². The normalized spacial score (nSPS) is 21.0. The number of rotatable bonds is 2. The van der Waals surface area contributed by atoms with Gasteiger partial charge >= 0.3 is 0 Å². The summed E-state index contributed by atoms with van der Waals surface area (Å²) in [6, 6.07) is 7.10. The number of phenols is 1. The van der Waals surface area contributed by atoms with Crippen molar-refractivity contribution in [2.75, 3.05) is 25.4 Å². The number of ether oxygens (including phenoxy) is 1. The Balaban J connectivity index is 2.05. The quantitative estimate of drug-likeness (QED) is 0.580. The summed E-state index contributed by atoms with van der Waals surface area (Å²) in [6.45, 7) is 2.44. The van der Waals surface area contributed by atoms with Crippen LogP contribution in [0.1, 0.15) is 5.56 Å². The molecule has 0 radical (unpaired) electrons. The molecule has 1 saturated heterocycles. The molecule has 5 heteroatoms. The van der Waals surface area contributed by atoms with Gasteiger partial charge in [-0.05, 0) is 18.2 Å². The van der Waals surface area contributed by atoms with Crippen molar-refractivity contribution in [3.05, 3.63) is 23.8 Å². The maximum absolute atomic E-state index is 9.71. The van der Waals surface area contributed by atoms with Crippen molar-refractivity contribution < 1.29 is 9.84 Å². The number of hydrogen-bond acceptors (Lipinski definition) is 5. The van der Waals surface area contributed by atoms with Crippen LogP contribution in [0.3, 0.4) is 0 Å². The summed E-state index contributed by atoms with van der Waals surface area (Å²) in [5, 5.41) is 18.5. The number of nitrogen functional groups attached to an aromatic ring is 1. The van der Waals surface area contributed by atoms with E-state index in [0.29, 0.717) is 25.4 Å². The first-order valence-corrected chi connectivity index (χ1v) is 5.50. The number of benzene rings is 1. The highest BCUT2D eigenvalue weighted by atomic mass is 16.5. The Kier molecular flexibility index (Phi) is 3.47. The second kappa shape index (κ2) is 5.04. The van der Waals surface area contributed by atoms with Gasteiger partial charge in [0.25, 0.3) is 0 Å². The van der Waals surface area contributed by atoms with Crippen LogP contribution in [-0.2, 0) is 11.3 Å². The minimum atomic E-state index is -0.382. The highest BCUT2D eigenvalue weighted by Crippen LogP contribution is 2.22. The minimum absolute atomic E-state index is 0.235. The highest BCUT2D eigenvalue weighted by molar-refractivity contribution is 5.47.